The summed E-state index contributed by atoms with van der Waals surface area (Å²) in [7, 11) is 0. The number of hydrogen-bond acceptors (Lipinski definition) is 2. The van der Waals surface area contributed by atoms with Crippen molar-refractivity contribution < 1.29 is 8.78 Å². The van der Waals surface area contributed by atoms with E-state index in [9.17, 15) is 8.78 Å². The first kappa shape index (κ1) is 11.3. The molecule has 0 radical (unpaired) electrons. The van der Waals surface area contributed by atoms with Gasteiger partial charge in [-0.3, -0.25) is 4.90 Å². The number of hydrogen-bond donors (Lipinski definition) is 1. The number of alkyl halides is 2. The first-order chi connectivity index (χ1) is 7.20. The van der Waals surface area contributed by atoms with Crippen molar-refractivity contribution in [2.45, 2.75) is 44.1 Å². The molecule has 1 saturated carbocycles. The van der Waals surface area contributed by atoms with Gasteiger partial charge >= 0.3 is 0 Å². The van der Waals surface area contributed by atoms with Crippen molar-refractivity contribution in [3.05, 3.63) is 0 Å². The van der Waals surface area contributed by atoms with Gasteiger partial charge in [-0.25, -0.2) is 8.78 Å². The molecule has 4 heteroatoms. The zero-order valence-electron chi connectivity index (χ0n) is 9.14. The summed E-state index contributed by atoms with van der Waals surface area (Å²) in [5, 5.41) is 3.57. The summed E-state index contributed by atoms with van der Waals surface area (Å²) in [4.78, 5) is 1.94. The highest BCUT2D eigenvalue weighted by Crippen LogP contribution is 2.31. The smallest absolute Gasteiger partial charge is 0.251 e. The van der Waals surface area contributed by atoms with Crippen LogP contribution < -0.4 is 5.32 Å². The molecule has 1 spiro atoms. The second-order valence-electron chi connectivity index (χ2n) is 4.89. The van der Waals surface area contributed by atoms with Crippen LogP contribution in [0.1, 0.15) is 32.1 Å². The first-order valence-electron chi connectivity index (χ1n) is 5.96. The molecule has 88 valence electrons. The molecule has 0 amide bonds. The third-order valence-corrected chi connectivity index (χ3v) is 3.63. The van der Waals surface area contributed by atoms with Crippen LogP contribution in [0, 0.1) is 0 Å². The first-order valence-corrected chi connectivity index (χ1v) is 5.96. The minimum atomic E-state index is -2.19. The number of rotatable bonds is 2. The van der Waals surface area contributed by atoms with Crippen LogP contribution in [0.5, 0.6) is 0 Å². The lowest BCUT2D eigenvalue weighted by molar-refractivity contribution is 0.0785. The molecular weight excluding hydrogens is 198 g/mol. The van der Waals surface area contributed by atoms with Crippen molar-refractivity contribution in [2.24, 2.45) is 0 Å². The summed E-state index contributed by atoms with van der Waals surface area (Å²) in [5.41, 5.74) is 0.158. The van der Waals surface area contributed by atoms with Crippen LogP contribution in [0.25, 0.3) is 0 Å². The van der Waals surface area contributed by atoms with Gasteiger partial charge in [-0.1, -0.05) is 12.8 Å². The highest BCUT2D eigenvalue weighted by Gasteiger charge is 2.36. The van der Waals surface area contributed by atoms with Crippen LogP contribution in [0.3, 0.4) is 0 Å². The fraction of sp³-hybridized carbons (Fsp3) is 1.00. The largest absolute Gasteiger partial charge is 0.310 e. The second kappa shape index (κ2) is 4.74. The van der Waals surface area contributed by atoms with Crippen LogP contribution >= 0.6 is 0 Å². The molecule has 1 heterocycles. The Bertz CT molecular complexity index is 203. The van der Waals surface area contributed by atoms with Crippen LogP contribution in [0.4, 0.5) is 8.78 Å². The third kappa shape index (κ3) is 2.88. The molecule has 15 heavy (non-hydrogen) atoms. The van der Waals surface area contributed by atoms with E-state index in [4.69, 9.17) is 0 Å². The Hall–Kier alpha value is -0.220. The Balaban J connectivity index is 1.95. The zero-order valence-corrected chi connectivity index (χ0v) is 9.14. The lowest BCUT2D eigenvalue weighted by Gasteiger charge is -2.33. The molecule has 0 aromatic carbocycles. The number of halogens is 2. The van der Waals surface area contributed by atoms with Gasteiger partial charge in [0.05, 0.1) is 6.54 Å². The summed E-state index contributed by atoms with van der Waals surface area (Å²) in [6.07, 6.45) is 3.61. The summed E-state index contributed by atoms with van der Waals surface area (Å²) < 4.78 is 24.7. The predicted octanol–water partition coefficient (Wildman–Crippen LogP) is 1.86. The van der Waals surface area contributed by atoms with Crippen molar-refractivity contribution >= 4 is 0 Å². The second-order valence-corrected chi connectivity index (χ2v) is 4.89. The maximum absolute atomic E-state index is 12.4. The lowest BCUT2D eigenvalue weighted by Crippen LogP contribution is -2.50. The molecule has 1 aliphatic heterocycles. The molecule has 0 atom stereocenters. The molecule has 2 rings (SSSR count). The maximum atomic E-state index is 12.4. The number of nitrogens with one attached hydrogen (secondary N) is 1. The minimum Gasteiger partial charge on any atom is -0.310 e. The van der Waals surface area contributed by atoms with Crippen LogP contribution in [0.2, 0.25) is 0 Å². The molecule has 1 saturated heterocycles. The molecular formula is C11H20F2N2. The normalized spacial score (nSPS) is 27.4. The van der Waals surface area contributed by atoms with Crippen molar-refractivity contribution in [1.29, 1.82) is 0 Å². The molecule has 2 fully saturated rings. The molecule has 1 N–H and O–H groups in total. The van der Waals surface area contributed by atoms with Gasteiger partial charge in [-0.05, 0) is 32.4 Å². The third-order valence-electron chi connectivity index (χ3n) is 3.63. The van der Waals surface area contributed by atoms with E-state index in [-0.39, 0.29) is 12.1 Å². The summed E-state index contributed by atoms with van der Waals surface area (Å²) >= 11 is 0. The van der Waals surface area contributed by atoms with Crippen molar-refractivity contribution in [1.82, 2.24) is 10.2 Å². The Labute approximate surface area is 90.0 Å². The Morgan fingerprint density at radius 2 is 1.93 bits per heavy atom. The summed E-state index contributed by atoms with van der Waals surface area (Å²) in [6, 6.07) is 0. The number of nitrogens with zero attached hydrogens (tertiary/aromatic N) is 1. The van der Waals surface area contributed by atoms with Crippen LogP contribution in [-0.4, -0.2) is 43.0 Å². The van der Waals surface area contributed by atoms with Gasteiger partial charge in [0.2, 0.25) is 0 Å². The molecule has 0 aromatic rings. The van der Waals surface area contributed by atoms with Gasteiger partial charge < -0.3 is 5.32 Å². The van der Waals surface area contributed by atoms with E-state index in [0.29, 0.717) is 0 Å². The zero-order chi connectivity index (χ0) is 10.7. The molecule has 2 nitrogen and oxygen atoms in total. The van der Waals surface area contributed by atoms with E-state index < -0.39 is 6.43 Å². The van der Waals surface area contributed by atoms with E-state index >= 15 is 0 Å². The lowest BCUT2D eigenvalue weighted by atomic mass is 9.97. The molecule has 2 aliphatic rings. The van der Waals surface area contributed by atoms with Crippen LogP contribution in [-0.2, 0) is 0 Å². The van der Waals surface area contributed by atoms with E-state index in [1.807, 2.05) is 4.90 Å². The maximum Gasteiger partial charge on any atom is 0.251 e. The van der Waals surface area contributed by atoms with E-state index in [2.05, 4.69) is 5.32 Å². The van der Waals surface area contributed by atoms with Gasteiger partial charge in [0, 0.05) is 12.1 Å². The van der Waals surface area contributed by atoms with Crippen LogP contribution in [0.15, 0.2) is 0 Å². The van der Waals surface area contributed by atoms with Gasteiger partial charge in [0.1, 0.15) is 0 Å². The predicted molar refractivity (Wildman–Crippen MR) is 56.3 cm³/mol. The standard InChI is InChI=1S/C11H20F2N2/c12-10(13)8-15-7-3-6-14-11(9-15)4-1-2-5-11/h10,14H,1-9H2. The van der Waals surface area contributed by atoms with E-state index in [0.717, 1.165) is 38.9 Å². The van der Waals surface area contributed by atoms with E-state index in [1.165, 1.54) is 12.8 Å². The highest BCUT2D eigenvalue weighted by molar-refractivity contribution is 4.96. The van der Waals surface area contributed by atoms with Crippen molar-refractivity contribution in [3.63, 3.8) is 0 Å². The average molecular weight is 218 g/mol. The summed E-state index contributed by atoms with van der Waals surface area (Å²) in [5.74, 6) is 0. The molecule has 0 bridgehead atoms. The molecule has 0 aromatic heterocycles. The van der Waals surface area contributed by atoms with Crippen molar-refractivity contribution in [2.75, 3.05) is 26.2 Å². The minimum absolute atomic E-state index is 0.0522. The monoisotopic (exact) mass is 218 g/mol. The van der Waals surface area contributed by atoms with Gasteiger partial charge in [0.15, 0.2) is 0 Å². The Morgan fingerprint density at radius 3 is 2.60 bits per heavy atom. The molecule has 0 unspecified atom stereocenters. The van der Waals surface area contributed by atoms with Gasteiger partial charge in [-0.2, -0.15) is 0 Å². The average Bonchev–Trinajstić information content (AvgIpc) is 2.50. The van der Waals surface area contributed by atoms with E-state index in [1.54, 1.807) is 0 Å². The Kier molecular flexibility index (Phi) is 3.57. The quantitative estimate of drug-likeness (QED) is 0.761. The molecule has 1 aliphatic carbocycles. The fourth-order valence-corrected chi connectivity index (χ4v) is 2.96. The van der Waals surface area contributed by atoms with Gasteiger partial charge in [0.25, 0.3) is 6.43 Å². The van der Waals surface area contributed by atoms with Crippen molar-refractivity contribution in [3.8, 4) is 0 Å². The SMILES string of the molecule is FC(F)CN1CCCNC2(CCCC2)C1. The summed E-state index contributed by atoms with van der Waals surface area (Å²) in [6.45, 7) is 2.57. The topological polar surface area (TPSA) is 15.3 Å². The Morgan fingerprint density at radius 1 is 1.20 bits per heavy atom. The van der Waals surface area contributed by atoms with Gasteiger partial charge in [-0.15, -0.1) is 0 Å². The fourth-order valence-electron chi connectivity index (χ4n) is 2.96. The highest BCUT2D eigenvalue weighted by atomic mass is 19.3.